The third-order valence-electron chi connectivity index (χ3n) is 3.01. The van der Waals surface area contributed by atoms with Crippen LogP contribution >= 0.6 is 11.3 Å². The Hall–Kier alpha value is -1.03. The van der Waals surface area contributed by atoms with Crippen LogP contribution in [-0.2, 0) is 14.8 Å². The molecule has 0 spiro atoms. The molecule has 2 rings (SSSR count). The zero-order chi connectivity index (χ0) is 14.6. The van der Waals surface area contributed by atoms with Crippen LogP contribution in [0.1, 0.15) is 36.2 Å². The first-order valence-electron chi connectivity index (χ1n) is 6.29. The minimum absolute atomic E-state index is 0.0758. The van der Waals surface area contributed by atoms with Crippen molar-refractivity contribution < 1.29 is 23.1 Å². The van der Waals surface area contributed by atoms with E-state index in [2.05, 4.69) is 9.71 Å². The van der Waals surface area contributed by atoms with Crippen molar-refractivity contribution in [3.8, 4) is 0 Å². The summed E-state index contributed by atoms with van der Waals surface area (Å²) in [5.74, 6) is -1.35. The molecular weight excluding hydrogens is 304 g/mol. The van der Waals surface area contributed by atoms with Crippen molar-refractivity contribution in [3.63, 3.8) is 0 Å². The molecule has 2 N–H and O–H groups in total. The summed E-state index contributed by atoms with van der Waals surface area (Å²) in [7, 11) is -3.82. The number of aromatic nitrogens is 1. The molecule has 2 heterocycles. The third-order valence-corrected chi connectivity index (χ3v) is 5.84. The number of sulfonamides is 1. The molecule has 9 heteroatoms. The number of aromatic carboxylic acids is 1. The Labute approximate surface area is 121 Å². The minimum Gasteiger partial charge on any atom is -0.476 e. The fourth-order valence-electron chi connectivity index (χ4n) is 2.02. The van der Waals surface area contributed by atoms with Gasteiger partial charge in [-0.25, -0.2) is 22.9 Å². The highest BCUT2D eigenvalue weighted by Crippen LogP contribution is 2.20. The molecular formula is C11H16N2O5S2. The van der Waals surface area contributed by atoms with E-state index in [1.807, 2.05) is 0 Å². The van der Waals surface area contributed by atoms with Gasteiger partial charge in [-0.3, -0.25) is 0 Å². The molecule has 0 saturated carbocycles. The summed E-state index contributed by atoms with van der Waals surface area (Å²) in [5.41, 5.74) is 0.777. The molecule has 1 atom stereocenters. The van der Waals surface area contributed by atoms with Crippen molar-refractivity contribution in [1.29, 1.82) is 0 Å². The van der Waals surface area contributed by atoms with Gasteiger partial charge < -0.3 is 9.84 Å². The summed E-state index contributed by atoms with van der Waals surface area (Å²) in [6.45, 7) is 0.944. The largest absolute Gasteiger partial charge is 0.476 e. The van der Waals surface area contributed by atoms with E-state index in [-0.39, 0.29) is 16.9 Å². The number of carbonyl (C=O) groups is 1. The van der Waals surface area contributed by atoms with E-state index >= 15 is 0 Å². The zero-order valence-corrected chi connectivity index (χ0v) is 12.4. The van der Waals surface area contributed by atoms with Crippen molar-refractivity contribution >= 4 is 27.3 Å². The number of hydrogen-bond donors (Lipinski definition) is 2. The first-order valence-corrected chi connectivity index (χ1v) is 8.65. The molecule has 1 aromatic rings. The van der Waals surface area contributed by atoms with Crippen LogP contribution in [0.25, 0.3) is 0 Å². The van der Waals surface area contributed by atoms with Gasteiger partial charge in [0.2, 0.25) is 0 Å². The van der Waals surface area contributed by atoms with E-state index in [0.29, 0.717) is 6.42 Å². The molecule has 1 aliphatic heterocycles. The van der Waals surface area contributed by atoms with Gasteiger partial charge in [-0.1, -0.05) is 0 Å². The van der Waals surface area contributed by atoms with Gasteiger partial charge in [0.05, 0.1) is 11.6 Å². The minimum atomic E-state index is -3.82. The summed E-state index contributed by atoms with van der Waals surface area (Å²) < 4.78 is 31.7. The molecule has 0 bridgehead atoms. The second-order valence-electron chi connectivity index (χ2n) is 4.47. The summed E-state index contributed by atoms with van der Waals surface area (Å²) >= 11 is 0.797. The molecule has 1 unspecified atom stereocenters. The molecule has 7 nitrogen and oxygen atoms in total. The maximum Gasteiger partial charge on any atom is 0.356 e. The number of carboxylic acids is 1. The lowest BCUT2D eigenvalue weighted by Gasteiger charge is -2.22. The molecule has 1 fully saturated rings. The first-order chi connectivity index (χ1) is 9.50. The highest BCUT2D eigenvalue weighted by molar-refractivity contribution is 7.91. The summed E-state index contributed by atoms with van der Waals surface area (Å²) in [6.07, 6.45) is 3.73. The quantitative estimate of drug-likeness (QED) is 0.812. The van der Waals surface area contributed by atoms with Crippen molar-refractivity contribution in [1.82, 2.24) is 9.71 Å². The molecule has 1 aromatic heterocycles. The van der Waals surface area contributed by atoms with Gasteiger partial charge in [0, 0.05) is 13.2 Å². The Kier molecular flexibility index (Phi) is 5.08. The molecule has 1 aliphatic rings. The van der Waals surface area contributed by atoms with Gasteiger partial charge in [-0.2, -0.15) is 0 Å². The Morgan fingerprint density at radius 1 is 1.55 bits per heavy atom. The van der Waals surface area contributed by atoms with Gasteiger partial charge in [-0.15, -0.1) is 11.3 Å². The number of nitrogens with one attached hydrogen (secondary N) is 1. The summed E-state index contributed by atoms with van der Waals surface area (Å²) in [6, 6.07) is 0. The van der Waals surface area contributed by atoms with E-state index in [1.165, 1.54) is 5.51 Å². The lowest BCUT2D eigenvalue weighted by molar-refractivity contribution is 0.0123. The molecule has 1 saturated heterocycles. The Morgan fingerprint density at radius 3 is 3.00 bits per heavy atom. The van der Waals surface area contributed by atoms with Gasteiger partial charge in [0.25, 0.3) is 10.0 Å². The number of rotatable bonds is 6. The normalized spacial score (nSPS) is 19.9. The lowest BCUT2D eigenvalue weighted by Crippen LogP contribution is -2.30. The van der Waals surface area contributed by atoms with Crippen LogP contribution in [0.2, 0.25) is 0 Å². The molecule has 0 aromatic carbocycles. The van der Waals surface area contributed by atoms with Crippen LogP contribution in [0.5, 0.6) is 0 Å². The van der Waals surface area contributed by atoms with E-state index in [9.17, 15) is 13.2 Å². The predicted molar refractivity (Wildman–Crippen MR) is 72.5 cm³/mol. The van der Waals surface area contributed by atoms with Gasteiger partial charge >= 0.3 is 5.97 Å². The number of hydrogen-bond acceptors (Lipinski definition) is 6. The van der Waals surface area contributed by atoms with Crippen LogP contribution < -0.4 is 4.72 Å². The molecule has 0 aliphatic carbocycles. The van der Waals surface area contributed by atoms with Crippen LogP contribution in [0.3, 0.4) is 0 Å². The summed E-state index contributed by atoms with van der Waals surface area (Å²) in [5, 5.41) is 8.88. The lowest BCUT2D eigenvalue weighted by atomic mass is 10.1. The predicted octanol–water partition coefficient (Wildman–Crippen LogP) is 1.08. The maximum atomic E-state index is 12.0. The SMILES string of the molecule is O=C(O)c1ncsc1S(=O)(=O)NCCC1CCCCO1. The average molecular weight is 320 g/mol. The highest BCUT2D eigenvalue weighted by atomic mass is 32.2. The molecule has 0 radical (unpaired) electrons. The van der Waals surface area contributed by atoms with Gasteiger partial charge in [-0.05, 0) is 25.7 Å². The molecule has 0 amide bonds. The number of nitrogens with zero attached hydrogens (tertiary/aromatic N) is 1. The molecule has 112 valence electrons. The Morgan fingerprint density at radius 2 is 2.35 bits per heavy atom. The Balaban J connectivity index is 1.93. The molecule has 20 heavy (non-hydrogen) atoms. The van der Waals surface area contributed by atoms with E-state index in [4.69, 9.17) is 9.84 Å². The van der Waals surface area contributed by atoms with Crippen LogP contribution in [0, 0.1) is 0 Å². The fourth-order valence-corrected chi connectivity index (χ4v) is 4.25. The van der Waals surface area contributed by atoms with Crippen molar-refractivity contribution in [2.75, 3.05) is 13.2 Å². The second kappa shape index (κ2) is 6.61. The van der Waals surface area contributed by atoms with Crippen LogP contribution in [-0.4, -0.2) is 43.7 Å². The van der Waals surface area contributed by atoms with Gasteiger partial charge in [0.15, 0.2) is 9.90 Å². The number of ether oxygens (including phenoxy) is 1. The third kappa shape index (κ3) is 3.75. The highest BCUT2D eigenvalue weighted by Gasteiger charge is 2.25. The van der Waals surface area contributed by atoms with Crippen molar-refractivity contribution in [2.24, 2.45) is 0 Å². The van der Waals surface area contributed by atoms with E-state index in [1.54, 1.807) is 0 Å². The van der Waals surface area contributed by atoms with Crippen molar-refractivity contribution in [2.45, 2.75) is 36.0 Å². The van der Waals surface area contributed by atoms with Crippen LogP contribution in [0.15, 0.2) is 9.72 Å². The topological polar surface area (TPSA) is 106 Å². The zero-order valence-electron chi connectivity index (χ0n) is 10.7. The monoisotopic (exact) mass is 320 g/mol. The average Bonchev–Trinajstić information content (AvgIpc) is 2.90. The first kappa shape index (κ1) is 15.4. The van der Waals surface area contributed by atoms with Crippen LogP contribution in [0.4, 0.5) is 0 Å². The van der Waals surface area contributed by atoms with E-state index in [0.717, 1.165) is 37.2 Å². The van der Waals surface area contributed by atoms with E-state index < -0.39 is 21.7 Å². The number of thiazole rings is 1. The smallest absolute Gasteiger partial charge is 0.356 e. The van der Waals surface area contributed by atoms with Crippen molar-refractivity contribution in [3.05, 3.63) is 11.2 Å². The second-order valence-corrected chi connectivity index (χ2v) is 7.29. The standard InChI is InChI=1S/C11H16N2O5S2/c14-10(15)9-11(19-7-12-9)20(16,17)13-5-4-8-3-1-2-6-18-8/h7-8,13H,1-6H2,(H,14,15). The number of carboxylic acid groups (broad SMARTS) is 1. The summed E-state index contributed by atoms with van der Waals surface area (Å²) in [4.78, 5) is 14.4. The van der Waals surface area contributed by atoms with Gasteiger partial charge in [0.1, 0.15) is 0 Å². The fraction of sp³-hybridized carbons (Fsp3) is 0.636. The maximum absolute atomic E-state index is 12.0. The Bertz CT molecular complexity index is 563.